The van der Waals surface area contributed by atoms with Crippen molar-refractivity contribution >= 4 is 0 Å². The number of halogens is 29. The maximum atomic E-state index is 14.2. The SMILES string of the molecule is CCCCCCCCCCCCCCCCCCC(F)(F)C(F)(F)C(F)(F)C(F)(F)C(F)(F)C(F)(F)C(F)(F)C(F)(F)C(F)(F)C(F)(F)C(F)(F)C(F)(F)C(F)(F)C(F)(F)F. The van der Waals surface area contributed by atoms with Gasteiger partial charge >= 0.3 is 83.2 Å². The summed E-state index contributed by atoms with van der Waals surface area (Å²) in [6.45, 7) is 2.05. The minimum absolute atomic E-state index is 0.152. The fourth-order valence-corrected chi connectivity index (χ4v) is 5.43. The number of hydrogen-bond acceptors (Lipinski definition) is 0. The molecule has 0 heterocycles. The van der Waals surface area contributed by atoms with Crippen molar-refractivity contribution < 1.29 is 127 Å². The van der Waals surface area contributed by atoms with E-state index in [0.717, 1.165) is 57.8 Å². The molecular weight excluding hydrogens is 935 g/mol. The Kier molecular flexibility index (Phi) is 18.6. The highest BCUT2D eigenvalue weighted by Crippen LogP contribution is 2.69. The van der Waals surface area contributed by atoms with E-state index in [4.69, 9.17) is 0 Å². The highest BCUT2D eigenvalue weighted by molar-refractivity contribution is 5.21. The molecule has 0 aliphatic heterocycles. The van der Waals surface area contributed by atoms with Gasteiger partial charge in [0.2, 0.25) is 0 Å². The highest BCUT2D eigenvalue weighted by Gasteiger charge is 3.00. The van der Waals surface area contributed by atoms with Gasteiger partial charge in [-0.15, -0.1) is 0 Å². The molecule has 0 rings (SSSR count). The molecule has 0 spiro atoms. The highest BCUT2D eigenvalue weighted by atomic mass is 19.4. The zero-order valence-electron chi connectivity index (χ0n) is 31.0. The molecule has 0 fully saturated rings. The predicted octanol–water partition coefficient (Wildman–Crippen LogP) is 16.5. The standard InChI is InChI=1S/C32H37F29/c1-2-3-4-5-6-7-8-9-10-11-12-13-14-15-16-17-18-19(33,34)20(35,36)21(37,38)22(39,40)23(41,42)24(43,44)25(45,46)26(47,48)27(49,50)28(51,52)29(53,54)30(55,56)31(57,58)32(59,60)61/h2-18H2,1H3. The minimum Gasteiger partial charge on any atom is -0.200 e. The van der Waals surface area contributed by atoms with Crippen molar-refractivity contribution in [2.24, 2.45) is 0 Å². The Morgan fingerprint density at radius 3 is 0.557 bits per heavy atom. The smallest absolute Gasteiger partial charge is 0.200 e. The van der Waals surface area contributed by atoms with E-state index in [2.05, 4.69) is 6.92 Å². The molecule has 0 bridgehead atoms. The van der Waals surface area contributed by atoms with Crippen molar-refractivity contribution in [3.8, 4) is 0 Å². The van der Waals surface area contributed by atoms with Crippen LogP contribution in [-0.4, -0.2) is 83.2 Å². The zero-order valence-corrected chi connectivity index (χ0v) is 31.0. The van der Waals surface area contributed by atoms with Gasteiger partial charge in [0.1, 0.15) is 0 Å². The molecule has 0 radical (unpaired) electrons. The second-order valence-corrected chi connectivity index (χ2v) is 14.1. The van der Waals surface area contributed by atoms with Crippen molar-refractivity contribution in [3.05, 3.63) is 0 Å². The van der Waals surface area contributed by atoms with Gasteiger partial charge in [-0.25, -0.2) is 0 Å². The summed E-state index contributed by atoms with van der Waals surface area (Å²) < 4.78 is 397. The molecule has 0 saturated carbocycles. The number of alkyl halides is 29. The quantitative estimate of drug-likeness (QED) is 0.0518. The maximum Gasteiger partial charge on any atom is 0.460 e. The van der Waals surface area contributed by atoms with Crippen LogP contribution in [0.15, 0.2) is 0 Å². The van der Waals surface area contributed by atoms with Crippen LogP contribution in [0.3, 0.4) is 0 Å². The molecule has 29 heteroatoms. The summed E-state index contributed by atoms with van der Waals surface area (Å²) in [5.41, 5.74) is 0. The Bertz CT molecular complexity index is 1340. The van der Waals surface area contributed by atoms with Crippen LogP contribution in [-0.2, 0) is 0 Å². The van der Waals surface area contributed by atoms with Crippen LogP contribution in [0.4, 0.5) is 127 Å². The van der Waals surface area contributed by atoms with Crippen LogP contribution in [0.5, 0.6) is 0 Å². The van der Waals surface area contributed by atoms with Crippen molar-refractivity contribution in [1.82, 2.24) is 0 Å². The van der Waals surface area contributed by atoms with E-state index >= 15 is 0 Å². The summed E-state index contributed by atoms with van der Waals surface area (Å²) in [4.78, 5) is 0. The Morgan fingerprint density at radius 2 is 0.361 bits per heavy atom. The lowest BCUT2D eigenvalue weighted by Gasteiger charge is -2.46. The predicted molar refractivity (Wildman–Crippen MR) is 155 cm³/mol. The third-order valence-electron chi connectivity index (χ3n) is 9.50. The second-order valence-electron chi connectivity index (χ2n) is 14.1. The second kappa shape index (κ2) is 19.2. The summed E-state index contributed by atoms with van der Waals surface area (Å²) in [6.07, 6.45) is -2.39. The number of hydrogen-bond donors (Lipinski definition) is 0. The van der Waals surface area contributed by atoms with Gasteiger partial charge in [0.15, 0.2) is 0 Å². The average molecular weight is 973 g/mol. The van der Waals surface area contributed by atoms with Crippen LogP contribution in [0, 0.1) is 0 Å². The molecule has 0 N–H and O–H groups in total. The molecule has 0 aliphatic carbocycles. The fourth-order valence-electron chi connectivity index (χ4n) is 5.43. The first-order chi connectivity index (χ1) is 26.8. The lowest BCUT2D eigenvalue weighted by atomic mass is 9.83. The normalized spacial score (nSPS) is 15.8. The molecule has 368 valence electrons. The molecule has 0 saturated heterocycles. The molecule has 0 unspecified atom stereocenters. The van der Waals surface area contributed by atoms with Gasteiger partial charge in [-0.1, -0.05) is 103 Å². The average Bonchev–Trinajstić information content (AvgIpc) is 3.09. The molecule has 0 nitrogen and oxygen atoms in total. The van der Waals surface area contributed by atoms with E-state index in [-0.39, 0.29) is 12.8 Å². The van der Waals surface area contributed by atoms with E-state index < -0.39 is 102 Å². The summed E-state index contributed by atoms with van der Waals surface area (Å²) >= 11 is 0. The van der Waals surface area contributed by atoms with Crippen molar-refractivity contribution in [2.75, 3.05) is 0 Å². The molecule has 0 aromatic carbocycles. The van der Waals surface area contributed by atoms with Gasteiger partial charge in [0, 0.05) is 6.42 Å². The monoisotopic (exact) mass is 972 g/mol. The van der Waals surface area contributed by atoms with Crippen LogP contribution in [0.25, 0.3) is 0 Å². The topological polar surface area (TPSA) is 0 Å². The first-order valence-electron chi connectivity index (χ1n) is 17.8. The number of rotatable bonds is 29. The van der Waals surface area contributed by atoms with E-state index in [0.29, 0.717) is 19.3 Å². The molecular formula is C32H37F29. The molecule has 0 atom stereocenters. The van der Waals surface area contributed by atoms with Crippen LogP contribution >= 0.6 is 0 Å². The summed E-state index contributed by atoms with van der Waals surface area (Å²) in [7, 11) is 0. The van der Waals surface area contributed by atoms with Gasteiger partial charge in [0.25, 0.3) is 0 Å². The van der Waals surface area contributed by atoms with Crippen molar-refractivity contribution in [2.45, 2.75) is 199 Å². The van der Waals surface area contributed by atoms with Crippen molar-refractivity contribution in [3.63, 3.8) is 0 Å². The Hall–Kier alpha value is -2.03. The first-order valence-corrected chi connectivity index (χ1v) is 17.8. The molecule has 0 aromatic rings. The molecule has 0 aliphatic rings. The van der Waals surface area contributed by atoms with E-state index in [1.807, 2.05) is 0 Å². The van der Waals surface area contributed by atoms with Crippen molar-refractivity contribution in [1.29, 1.82) is 0 Å². The molecule has 0 aromatic heterocycles. The van der Waals surface area contributed by atoms with E-state index in [1.165, 1.54) is 0 Å². The van der Waals surface area contributed by atoms with Crippen LogP contribution in [0.2, 0.25) is 0 Å². The molecule has 0 amide bonds. The summed E-state index contributed by atoms with van der Waals surface area (Å²) in [5, 5.41) is 0. The van der Waals surface area contributed by atoms with E-state index in [9.17, 15) is 127 Å². The lowest BCUT2D eigenvalue weighted by molar-refractivity contribution is -0.487. The lowest BCUT2D eigenvalue weighted by Crippen LogP contribution is -2.79. The Morgan fingerprint density at radius 1 is 0.197 bits per heavy atom. The summed E-state index contributed by atoms with van der Waals surface area (Å²) in [5.74, 6) is -120. The van der Waals surface area contributed by atoms with E-state index in [1.54, 1.807) is 0 Å². The van der Waals surface area contributed by atoms with Gasteiger partial charge in [-0.3, -0.25) is 0 Å². The zero-order chi connectivity index (χ0) is 49.0. The third kappa shape index (κ3) is 10.1. The van der Waals surface area contributed by atoms with Gasteiger partial charge in [0.05, 0.1) is 0 Å². The van der Waals surface area contributed by atoms with Crippen LogP contribution in [0.1, 0.15) is 116 Å². The van der Waals surface area contributed by atoms with Crippen LogP contribution < -0.4 is 0 Å². The Balaban J connectivity index is 6.20. The van der Waals surface area contributed by atoms with Gasteiger partial charge in [-0.2, -0.15) is 127 Å². The first kappa shape index (κ1) is 59.0. The largest absolute Gasteiger partial charge is 0.460 e. The summed E-state index contributed by atoms with van der Waals surface area (Å²) in [6, 6.07) is 0. The third-order valence-corrected chi connectivity index (χ3v) is 9.50. The number of unbranched alkanes of at least 4 members (excludes halogenated alkanes) is 15. The maximum absolute atomic E-state index is 14.2. The fraction of sp³-hybridized carbons (Fsp3) is 1.00. The molecule has 61 heavy (non-hydrogen) atoms. The van der Waals surface area contributed by atoms with Gasteiger partial charge < -0.3 is 0 Å². The minimum atomic E-state index is -9.91. The Labute approximate surface area is 327 Å². The van der Waals surface area contributed by atoms with Gasteiger partial charge in [-0.05, 0) is 6.42 Å².